The Balaban J connectivity index is 1.62. The first-order valence-corrected chi connectivity index (χ1v) is 11.6. The number of amides is 1. The number of carbonyl (C=O) groups is 3. The molecule has 8 nitrogen and oxygen atoms in total. The molecule has 0 aliphatic carbocycles. The number of halogens is 1. The van der Waals surface area contributed by atoms with E-state index in [0.29, 0.717) is 24.0 Å². The lowest BCUT2D eigenvalue weighted by atomic mass is 9.89. The summed E-state index contributed by atoms with van der Waals surface area (Å²) in [6.45, 7) is 1.75. The van der Waals surface area contributed by atoms with Crippen molar-refractivity contribution in [1.29, 1.82) is 0 Å². The molecule has 5 rings (SSSR count). The molecule has 3 aliphatic heterocycles. The smallest absolute Gasteiger partial charge is 0.436 e. The van der Waals surface area contributed by atoms with Crippen LogP contribution < -0.4 is 0 Å². The number of aliphatic imine (C=N–C) groups is 1. The predicted molar refractivity (Wildman–Crippen MR) is 130 cm³/mol. The second kappa shape index (κ2) is 10.1. The van der Waals surface area contributed by atoms with Crippen LogP contribution in [-0.4, -0.2) is 46.9 Å². The van der Waals surface area contributed by atoms with Crippen LogP contribution in [0.3, 0.4) is 0 Å². The summed E-state index contributed by atoms with van der Waals surface area (Å²) in [7, 11) is 0. The quantitative estimate of drug-likeness (QED) is 0.239. The number of rotatable bonds is 8. The van der Waals surface area contributed by atoms with Gasteiger partial charge in [0.05, 0.1) is 6.61 Å². The third-order valence-corrected chi connectivity index (χ3v) is 5.98. The van der Waals surface area contributed by atoms with E-state index in [1.165, 1.54) is 22.9 Å². The molecule has 0 N–H and O–H groups in total. The molecular weight excluding hydrogens is 479 g/mol. The molecule has 0 saturated carbocycles. The zero-order valence-electron chi connectivity index (χ0n) is 19.8. The normalized spacial score (nSPS) is 18.3. The van der Waals surface area contributed by atoms with Crippen LogP contribution in [0.5, 0.6) is 0 Å². The summed E-state index contributed by atoms with van der Waals surface area (Å²) in [6.07, 6.45) is 2.74. The van der Waals surface area contributed by atoms with Gasteiger partial charge in [-0.05, 0) is 36.6 Å². The molecule has 3 heterocycles. The van der Waals surface area contributed by atoms with Crippen molar-refractivity contribution in [2.75, 3.05) is 6.61 Å². The van der Waals surface area contributed by atoms with Gasteiger partial charge in [-0.1, -0.05) is 42.5 Å². The van der Waals surface area contributed by atoms with Gasteiger partial charge in [0.2, 0.25) is 23.6 Å². The summed E-state index contributed by atoms with van der Waals surface area (Å²) in [4.78, 5) is 42.8. The number of nitrogens with zero attached hydrogens (tertiary/aromatic N) is 2. The van der Waals surface area contributed by atoms with Crippen LogP contribution in [0.25, 0.3) is 0 Å². The van der Waals surface area contributed by atoms with E-state index in [1.54, 1.807) is 25.3 Å². The van der Waals surface area contributed by atoms with Crippen LogP contribution >= 0.6 is 0 Å². The Labute approximate surface area is 211 Å². The van der Waals surface area contributed by atoms with Gasteiger partial charge < -0.3 is 14.2 Å². The van der Waals surface area contributed by atoms with Crippen LogP contribution in [0.2, 0.25) is 0 Å². The molecule has 186 valence electrons. The van der Waals surface area contributed by atoms with Crippen LogP contribution in [0.1, 0.15) is 18.1 Å². The van der Waals surface area contributed by atoms with E-state index in [4.69, 9.17) is 14.2 Å². The van der Waals surface area contributed by atoms with Crippen LogP contribution in [0.15, 0.2) is 94.7 Å². The first kappa shape index (κ1) is 24.1. The minimum atomic E-state index is -0.859. The number of hydrogen-bond acceptors (Lipinski definition) is 7. The number of esters is 1. The average Bonchev–Trinajstić information content (AvgIpc) is 2.92. The molecule has 37 heavy (non-hydrogen) atoms. The standard InChI is InChI=1S/C28H22FN2O6/c1-2-35-28(34)22-26(36-16-18-6-4-3-5-7-18)23-24-25(37-21(15-32)14-31(24)27(22)33)19(13-30-23)12-17-8-10-20(29)11-9-17/h3-11,13-15,25H,2,12,16H2,1H3/q+1. The lowest BCUT2D eigenvalue weighted by Gasteiger charge is -2.30. The maximum Gasteiger partial charge on any atom is 0.436 e. The Hall–Kier alpha value is -4.66. The number of hydrogen-bond donors (Lipinski definition) is 0. The van der Waals surface area contributed by atoms with Crippen LogP contribution in [0.4, 0.5) is 4.39 Å². The molecule has 1 atom stereocenters. The van der Waals surface area contributed by atoms with E-state index in [1.807, 2.05) is 30.3 Å². The fraction of sp³-hybridized carbons (Fsp3) is 0.179. The maximum absolute atomic E-state index is 13.6. The van der Waals surface area contributed by atoms with Gasteiger partial charge >= 0.3 is 11.9 Å². The van der Waals surface area contributed by atoms with Gasteiger partial charge in [0.1, 0.15) is 12.4 Å². The van der Waals surface area contributed by atoms with E-state index in [0.717, 1.165) is 11.1 Å². The number of aldehydes is 1. The third-order valence-electron chi connectivity index (χ3n) is 5.98. The van der Waals surface area contributed by atoms with Gasteiger partial charge in [-0.25, -0.2) is 19.0 Å². The van der Waals surface area contributed by atoms with Crippen molar-refractivity contribution < 1.29 is 37.6 Å². The highest BCUT2D eigenvalue weighted by molar-refractivity contribution is 6.52. The van der Waals surface area contributed by atoms with Gasteiger partial charge in [0.15, 0.2) is 17.8 Å². The van der Waals surface area contributed by atoms with Crippen molar-refractivity contribution in [1.82, 2.24) is 0 Å². The highest BCUT2D eigenvalue weighted by atomic mass is 19.1. The number of carbonyl (C=O) groups excluding carboxylic acids is 3. The topological polar surface area (TPSA) is 94.3 Å². The van der Waals surface area contributed by atoms with Gasteiger partial charge in [-0.3, -0.25) is 4.79 Å². The Morgan fingerprint density at radius 1 is 1.14 bits per heavy atom. The van der Waals surface area contributed by atoms with Crippen molar-refractivity contribution in [3.8, 4) is 0 Å². The van der Waals surface area contributed by atoms with Gasteiger partial charge in [-0.2, -0.15) is 0 Å². The second-order valence-corrected chi connectivity index (χ2v) is 8.39. The lowest BCUT2D eigenvalue weighted by Crippen LogP contribution is -2.50. The van der Waals surface area contributed by atoms with Crippen LogP contribution in [0, 0.1) is 5.82 Å². The molecule has 1 amide bonds. The average molecular weight is 501 g/mol. The Bertz CT molecular complexity index is 1430. The summed E-state index contributed by atoms with van der Waals surface area (Å²) < 4.78 is 31.7. The molecule has 2 aromatic carbocycles. The maximum atomic E-state index is 13.6. The minimum absolute atomic E-state index is 0.0211. The van der Waals surface area contributed by atoms with E-state index in [9.17, 15) is 18.8 Å². The first-order chi connectivity index (χ1) is 18.0. The fourth-order valence-electron chi connectivity index (χ4n) is 4.28. The lowest BCUT2D eigenvalue weighted by molar-refractivity contribution is -0.385. The molecule has 0 radical (unpaired) electrons. The first-order valence-electron chi connectivity index (χ1n) is 11.6. The van der Waals surface area contributed by atoms with Crippen LogP contribution in [-0.2, 0) is 41.6 Å². The van der Waals surface area contributed by atoms with E-state index in [-0.39, 0.29) is 41.8 Å². The zero-order chi connectivity index (χ0) is 25.9. The fourth-order valence-corrected chi connectivity index (χ4v) is 4.28. The molecule has 0 spiro atoms. The summed E-state index contributed by atoms with van der Waals surface area (Å²) in [5.41, 5.74) is 2.48. The molecular formula is C28H22FN2O6+. The summed E-state index contributed by atoms with van der Waals surface area (Å²) in [5.74, 6) is -2.05. The summed E-state index contributed by atoms with van der Waals surface area (Å²) >= 11 is 0. The minimum Gasteiger partial charge on any atom is -0.485 e. The summed E-state index contributed by atoms with van der Waals surface area (Å²) in [5, 5.41) is 0. The molecule has 0 saturated heterocycles. The largest absolute Gasteiger partial charge is 0.485 e. The van der Waals surface area contributed by atoms with Gasteiger partial charge in [-0.15, -0.1) is 4.58 Å². The molecule has 0 bridgehead atoms. The molecule has 9 heteroatoms. The van der Waals surface area contributed by atoms with Crippen molar-refractivity contribution in [3.05, 3.63) is 107 Å². The summed E-state index contributed by atoms with van der Waals surface area (Å²) in [6, 6.07) is 15.2. The zero-order valence-corrected chi connectivity index (χ0v) is 19.8. The molecule has 0 fully saturated rings. The second-order valence-electron chi connectivity index (χ2n) is 8.39. The Kier molecular flexibility index (Phi) is 6.59. The third kappa shape index (κ3) is 4.63. The van der Waals surface area contributed by atoms with E-state index < -0.39 is 18.0 Å². The molecule has 1 unspecified atom stereocenters. The van der Waals surface area contributed by atoms with Gasteiger partial charge in [0, 0.05) is 11.8 Å². The SMILES string of the molecule is CCOC(=O)C1=C(OCc2ccccc2)C2=NC=C(Cc3ccc(F)cc3)C3OC(C=O)=C[N+](=C23)C1=O. The number of allylic oxidation sites excluding steroid dienone is 2. The van der Waals surface area contributed by atoms with Gasteiger partial charge in [0.25, 0.3) is 5.71 Å². The number of benzene rings is 2. The van der Waals surface area contributed by atoms with E-state index in [2.05, 4.69) is 4.99 Å². The van der Waals surface area contributed by atoms with Crippen molar-refractivity contribution in [2.24, 2.45) is 4.99 Å². The van der Waals surface area contributed by atoms with Crippen molar-refractivity contribution >= 4 is 29.6 Å². The molecule has 2 aromatic rings. The highest BCUT2D eigenvalue weighted by Crippen LogP contribution is 2.32. The predicted octanol–water partition coefficient (Wildman–Crippen LogP) is 3.17. The molecule has 0 aromatic heterocycles. The van der Waals surface area contributed by atoms with Crippen molar-refractivity contribution in [2.45, 2.75) is 26.1 Å². The highest BCUT2D eigenvalue weighted by Gasteiger charge is 2.52. The van der Waals surface area contributed by atoms with E-state index >= 15 is 0 Å². The number of ether oxygens (including phenoxy) is 3. The Morgan fingerprint density at radius 2 is 1.89 bits per heavy atom. The Morgan fingerprint density at radius 3 is 2.59 bits per heavy atom. The van der Waals surface area contributed by atoms with Crippen molar-refractivity contribution in [3.63, 3.8) is 0 Å². The molecule has 3 aliphatic rings. The monoisotopic (exact) mass is 501 g/mol.